The third-order valence-electron chi connectivity index (χ3n) is 4.03. The summed E-state index contributed by atoms with van der Waals surface area (Å²) < 4.78 is 0. The maximum Gasteiger partial charge on any atom is 0.270 e. The van der Waals surface area contributed by atoms with Crippen molar-refractivity contribution < 1.29 is 9.59 Å². The third kappa shape index (κ3) is 2.62. The van der Waals surface area contributed by atoms with Gasteiger partial charge in [0.15, 0.2) is 0 Å². The smallest absolute Gasteiger partial charge is 0.270 e. The largest absolute Gasteiger partial charge is 0.335 e. The van der Waals surface area contributed by atoms with Crippen molar-refractivity contribution in [3.8, 4) is 0 Å². The number of carbonyl (C=O) groups excluding carboxylic acids is 2. The maximum absolute atomic E-state index is 12.2. The highest BCUT2D eigenvalue weighted by Gasteiger charge is 2.31. The SMILES string of the molecule is O=C1CCC(C(=O)N2CCN(C3CNC3)CC2)=NN1. The Balaban J connectivity index is 1.53. The standard InChI is InChI=1S/C12H19N5O2/c18-11-2-1-10(14-15-11)12(19)17-5-3-16(4-6-17)9-7-13-8-9/h9,13H,1-8H2,(H,15,18). The molecule has 0 aromatic heterocycles. The topological polar surface area (TPSA) is 77.0 Å². The Hall–Kier alpha value is -1.47. The van der Waals surface area contributed by atoms with E-state index in [0.717, 1.165) is 39.3 Å². The molecular weight excluding hydrogens is 246 g/mol. The first kappa shape index (κ1) is 12.6. The molecule has 7 heteroatoms. The molecule has 0 bridgehead atoms. The van der Waals surface area contributed by atoms with Gasteiger partial charge in [-0.15, -0.1) is 0 Å². The Bertz CT molecular complexity index is 410. The van der Waals surface area contributed by atoms with Gasteiger partial charge in [0.2, 0.25) is 5.91 Å². The van der Waals surface area contributed by atoms with E-state index >= 15 is 0 Å². The summed E-state index contributed by atoms with van der Waals surface area (Å²) in [6.45, 7) is 5.49. The average Bonchev–Trinajstić information content (AvgIpc) is 2.38. The van der Waals surface area contributed by atoms with Crippen LogP contribution in [0.4, 0.5) is 0 Å². The lowest BCUT2D eigenvalue weighted by Gasteiger charge is -2.43. The Morgan fingerprint density at radius 2 is 1.89 bits per heavy atom. The van der Waals surface area contributed by atoms with Crippen LogP contribution in [-0.2, 0) is 9.59 Å². The van der Waals surface area contributed by atoms with Crippen LogP contribution in [0.2, 0.25) is 0 Å². The zero-order chi connectivity index (χ0) is 13.2. The van der Waals surface area contributed by atoms with E-state index in [2.05, 4.69) is 20.7 Å². The van der Waals surface area contributed by atoms with Gasteiger partial charge in [-0.3, -0.25) is 14.5 Å². The van der Waals surface area contributed by atoms with E-state index in [4.69, 9.17) is 0 Å². The monoisotopic (exact) mass is 265 g/mol. The van der Waals surface area contributed by atoms with Crippen LogP contribution in [0.25, 0.3) is 0 Å². The van der Waals surface area contributed by atoms with E-state index in [0.29, 0.717) is 24.6 Å². The molecule has 0 aromatic rings. The fourth-order valence-electron chi connectivity index (χ4n) is 2.63. The number of nitrogens with one attached hydrogen (secondary N) is 2. The van der Waals surface area contributed by atoms with Crippen LogP contribution in [0, 0.1) is 0 Å². The van der Waals surface area contributed by atoms with Crippen LogP contribution in [-0.4, -0.2) is 72.6 Å². The second-order valence-corrected chi connectivity index (χ2v) is 5.23. The van der Waals surface area contributed by atoms with Gasteiger partial charge in [-0.05, 0) is 0 Å². The summed E-state index contributed by atoms with van der Waals surface area (Å²) in [7, 11) is 0. The van der Waals surface area contributed by atoms with Crippen LogP contribution in [0.15, 0.2) is 5.10 Å². The van der Waals surface area contributed by atoms with Crippen molar-refractivity contribution in [3.05, 3.63) is 0 Å². The van der Waals surface area contributed by atoms with Crippen LogP contribution in [0.1, 0.15) is 12.8 Å². The highest BCUT2D eigenvalue weighted by atomic mass is 16.2. The van der Waals surface area contributed by atoms with E-state index in [1.807, 2.05) is 4.90 Å². The second-order valence-electron chi connectivity index (χ2n) is 5.23. The second kappa shape index (κ2) is 5.26. The summed E-state index contributed by atoms with van der Waals surface area (Å²) in [6, 6.07) is 0.642. The Morgan fingerprint density at radius 1 is 1.16 bits per heavy atom. The molecule has 3 aliphatic rings. The summed E-state index contributed by atoms with van der Waals surface area (Å²) >= 11 is 0. The summed E-state index contributed by atoms with van der Waals surface area (Å²) in [5.41, 5.74) is 2.86. The molecule has 0 saturated carbocycles. The number of rotatable bonds is 2. The van der Waals surface area contributed by atoms with Crippen LogP contribution >= 0.6 is 0 Å². The number of carbonyl (C=O) groups is 2. The molecule has 0 atom stereocenters. The Labute approximate surface area is 112 Å². The molecule has 19 heavy (non-hydrogen) atoms. The maximum atomic E-state index is 12.2. The number of hydrazone groups is 1. The van der Waals surface area contributed by atoms with Crippen LogP contribution < -0.4 is 10.7 Å². The van der Waals surface area contributed by atoms with Gasteiger partial charge in [-0.2, -0.15) is 5.10 Å². The molecule has 2 saturated heterocycles. The Kier molecular flexibility index (Phi) is 3.48. The molecule has 0 spiro atoms. The quantitative estimate of drug-likeness (QED) is 0.628. The van der Waals surface area contributed by atoms with E-state index in [1.54, 1.807) is 0 Å². The van der Waals surface area contributed by atoms with Crippen LogP contribution in [0.5, 0.6) is 0 Å². The van der Waals surface area contributed by atoms with Gasteiger partial charge in [0.05, 0.1) is 0 Å². The molecule has 2 N–H and O–H groups in total. The van der Waals surface area contributed by atoms with Gasteiger partial charge >= 0.3 is 0 Å². The minimum atomic E-state index is -0.112. The van der Waals surface area contributed by atoms with Gasteiger partial charge in [0.1, 0.15) is 5.71 Å². The highest BCUT2D eigenvalue weighted by Crippen LogP contribution is 2.11. The minimum absolute atomic E-state index is 0.0219. The van der Waals surface area contributed by atoms with Gasteiger partial charge < -0.3 is 10.2 Å². The van der Waals surface area contributed by atoms with Gasteiger partial charge in [0, 0.05) is 58.2 Å². The molecule has 3 heterocycles. The molecule has 0 aromatic carbocycles. The summed E-state index contributed by atoms with van der Waals surface area (Å²) in [5.74, 6) is -0.134. The fourth-order valence-corrected chi connectivity index (χ4v) is 2.63. The average molecular weight is 265 g/mol. The molecule has 2 fully saturated rings. The molecule has 0 unspecified atom stereocenters. The predicted octanol–water partition coefficient (Wildman–Crippen LogP) is -1.63. The minimum Gasteiger partial charge on any atom is -0.335 e. The van der Waals surface area contributed by atoms with E-state index in [-0.39, 0.29) is 11.8 Å². The van der Waals surface area contributed by atoms with Gasteiger partial charge in [-0.1, -0.05) is 0 Å². The van der Waals surface area contributed by atoms with Crippen molar-refractivity contribution in [2.75, 3.05) is 39.3 Å². The molecule has 7 nitrogen and oxygen atoms in total. The van der Waals surface area contributed by atoms with E-state index < -0.39 is 0 Å². The Morgan fingerprint density at radius 3 is 2.42 bits per heavy atom. The lowest BCUT2D eigenvalue weighted by molar-refractivity contribution is -0.126. The van der Waals surface area contributed by atoms with Gasteiger partial charge in [0.25, 0.3) is 5.91 Å². The molecule has 3 rings (SSSR count). The third-order valence-corrected chi connectivity index (χ3v) is 4.03. The van der Waals surface area contributed by atoms with Crippen molar-refractivity contribution in [1.82, 2.24) is 20.5 Å². The number of amides is 2. The highest BCUT2D eigenvalue weighted by molar-refractivity contribution is 6.39. The summed E-state index contributed by atoms with van der Waals surface area (Å²) in [5, 5.41) is 7.14. The van der Waals surface area contributed by atoms with Crippen LogP contribution in [0.3, 0.4) is 0 Å². The lowest BCUT2D eigenvalue weighted by Crippen LogP contribution is -2.62. The van der Waals surface area contributed by atoms with Crippen molar-refractivity contribution >= 4 is 17.5 Å². The molecule has 0 aliphatic carbocycles. The molecule has 104 valence electrons. The first-order chi connectivity index (χ1) is 9.24. The van der Waals surface area contributed by atoms with Crippen molar-refractivity contribution in [1.29, 1.82) is 0 Å². The molecule has 2 amide bonds. The first-order valence-electron chi connectivity index (χ1n) is 6.83. The number of nitrogens with zero attached hydrogens (tertiary/aromatic N) is 3. The van der Waals surface area contributed by atoms with Gasteiger partial charge in [-0.25, -0.2) is 5.43 Å². The molecular formula is C12H19N5O2. The van der Waals surface area contributed by atoms with E-state index in [1.165, 1.54) is 0 Å². The predicted molar refractivity (Wildman–Crippen MR) is 69.6 cm³/mol. The zero-order valence-corrected chi connectivity index (χ0v) is 10.9. The zero-order valence-electron chi connectivity index (χ0n) is 10.9. The number of hydrogen-bond acceptors (Lipinski definition) is 5. The van der Waals surface area contributed by atoms with Crippen molar-refractivity contribution in [2.45, 2.75) is 18.9 Å². The normalized spacial score (nSPS) is 25.6. The summed E-state index contributed by atoms with van der Waals surface area (Å²) in [6.07, 6.45) is 0.815. The molecule has 0 radical (unpaired) electrons. The summed E-state index contributed by atoms with van der Waals surface area (Å²) in [4.78, 5) is 27.5. The van der Waals surface area contributed by atoms with E-state index in [9.17, 15) is 9.59 Å². The number of hydrogen-bond donors (Lipinski definition) is 2. The number of piperazine rings is 1. The first-order valence-corrected chi connectivity index (χ1v) is 6.83. The van der Waals surface area contributed by atoms with Crippen molar-refractivity contribution in [2.24, 2.45) is 5.10 Å². The molecule has 3 aliphatic heterocycles. The fraction of sp³-hybridized carbons (Fsp3) is 0.750. The lowest BCUT2D eigenvalue weighted by atomic mass is 10.1. The van der Waals surface area contributed by atoms with Crippen molar-refractivity contribution in [3.63, 3.8) is 0 Å².